The van der Waals surface area contributed by atoms with Crippen LogP contribution in [0.2, 0.25) is 0 Å². The highest BCUT2D eigenvalue weighted by Gasteiger charge is 2.42. The molecule has 1 atom stereocenters. The van der Waals surface area contributed by atoms with Gasteiger partial charge in [-0.15, -0.1) is 0 Å². The largest absolute Gasteiger partial charge is 0.444 e. The lowest BCUT2D eigenvalue weighted by Gasteiger charge is -2.39. The number of carbonyl (C=O) groups is 2. The van der Waals surface area contributed by atoms with Crippen molar-refractivity contribution >= 4 is 22.0 Å². The van der Waals surface area contributed by atoms with Crippen LogP contribution in [0.1, 0.15) is 34.1 Å². The Morgan fingerprint density at radius 1 is 1.23 bits per heavy atom. The molecule has 0 saturated carbocycles. The van der Waals surface area contributed by atoms with Gasteiger partial charge in [-0.05, 0) is 45.0 Å². The number of piperazine rings is 1. The molecule has 1 aliphatic heterocycles. The standard InChI is InChI=1S/C20H27N3O7S/c1-5-6-13-29-15-7-9-16(10-8-15)31(27,28)23-12-11-22(14-17(23)18(24)21-26)19(25)30-20(2,3)4/h7-10,17,26H,5,11-12,14H2,1-4H3,(H,21,24). The van der Waals surface area contributed by atoms with Crippen molar-refractivity contribution in [2.75, 3.05) is 19.6 Å². The summed E-state index contributed by atoms with van der Waals surface area (Å²) >= 11 is 0. The van der Waals surface area contributed by atoms with Crippen molar-refractivity contribution in [2.24, 2.45) is 0 Å². The van der Waals surface area contributed by atoms with Gasteiger partial charge in [0.2, 0.25) is 10.0 Å². The molecule has 1 fully saturated rings. The van der Waals surface area contributed by atoms with Gasteiger partial charge >= 0.3 is 6.09 Å². The lowest BCUT2D eigenvalue weighted by atomic mass is 10.2. The summed E-state index contributed by atoms with van der Waals surface area (Å²) in [6, 6.07) is 4.26. The van der Waals surface area contributed by atoms with Crippen LogP contribution in [0, 0.1) is 12.0 Å². The first-order valence-corrected chi connectivity index (χ1v) is 11.1. The van der Waals surface area contributed by atoms with Crippen molar-refractivity contribution < 1.29 is 32.7 Å². The van der Waals surface area contributed by atoms with E-state index in [4.69, 9.17) is 14.7 Å². The third kappa shape index (κ3) is 6.33. The van der Waals surface area contributed by atoms with Gasteiger partial charge in [-0.25, -0.2) is 18.7 Å². The molecule has 1 aromatic rings. The van der Waals surface area contributed by atoms with Crippen molar-refractivity contribution in [1.82, 2.24) is 14.7 Å². The van der Waals surface area contributed by atoms with Gasteiger partial charge in [0.1, 0.15) is 23.5 Å². The highest BCUT2D eigenvalue weighted by Crippen LogP contribution is 2.24. The predicted molar refractivity (Wildman–Crippen MR) is 111 cm³/mol. The number of hydroxylamine groups is 1. The predicted octanol–water partition coefficient (Wildman–Crippen LogP) is 1.55. The maximum Gasteiger partial charge on any atom is 0.410 e. The van der Waals surface area contributed by atoms with E-state index in [1.165, 1.54) is 34.6 Å². The zero-order chi connectivity index (χ0) is 23.2. The van der Waals surface area contributed by atoms with Crippen molar-refractivity contribution in [3.05, 3.63) is 24.3 Å². The molecule has 2 rings (SSSR count). The van der Waals surface area contributed by atoms with Crippen LogP contribution in [-0.2, 0) is 19.6 Å². The van der Waals surface area contributed by atoms with Crippen molar-refractivity contribution in [3.8, 4) is 17.8 Å². The molecule has 1 saturated heterocycles. The highest BCUT2D eigenvalue weighted by atomic mass is 32.2. The topological polar surface area (TPSA) is 125 Å². The van der Waals surface area contributed by atoms with Crippen LogP contribution in [0.3, 0.4) is 0 Å². The minimum atomic E-state index is -4.10. The minimum absolute atomic E-state index is 0.0250. The summed E-state index contributed by atoms with van der Waals surface area (Å²) in [7, 11) is -4.10. The third-order valence-electron chi connectivity index (χ3n) is 4.24. The molecule has 2 amide bonds. The van der Waals surface area contributed by atoms with Crippen molar-refractivity contribution in [3.63, 3.8) is 0 Å². The first-order valence-electron chi connectivity index (χ1n) is 9.68. The van der Waals surface area contributed by atoms with Crippen LogP contribution in [-0.4, -0.2) is 66.1 Å². The van der Waals surface area contributed by atoms with Crippen molar-refractivity contribution in [2.45, 2.75) is 50.7 Å². The number of sulfonamides is 1. The zero-order valence-corrected chi connectivity index (χ0v) is 18.7. The molecule has 2 N–H and O–H groups in total. The van der Waals surface area contributed by atoms with Crippen LogP contribution >= 0.6 is 0 Å². The first kappa shape index (κ1) is 24.5. The zero-order valence-electron chi connectivity index (χ0n) is 17.9. The van der Waals surface area contributed by atoms with E-state index >= 15 is 0 Å². The van der Waals surface area contributed by atoms with Gasteiger partial charge in [0.05, 0.1) is 4.90 Å². The van der Waals surface area contributed by atoms with Gasteiger partial charge in [-0.1, -0.05) is 12.8 Å². The van der Waals surface area contributed by atoms with E-state index in [0.29, 0.717) is 12.2 Å². The monoisotopic (exact) mass is 453 g/mol. The summed E-state index contributed by atoms with van der Waals surface area (Å²) in [5.41, 5.74) is 0.725. The van der Waals surface area contributed by atoms with Gasteiger partial charge < -0.3 is 14.4 Å². The number of nitrogens with one attached hydrogen (secondary N) is 1. The number of carbonyl (C=O) groups excluding carboxylic acids is 2. The fraction of sp³-hybridized carbons (Fsp3) is 0.500. The van der Waals surface area contributed by atoms with E-state index in [1.54, 1.807) is 20.8 Å². The number of amides is 2. The van der Waals surface area contributed by atoms with Crippen molar-refractivity contribution in [1.29, 1.82) is 0 Å². The fourth-order valence-electron chi connectivity index (χ4n) is 2.82. The van der Waals surface area contributed by atoms with Gasteiger partial charge in [-0.3, -0.25) is 10.0 Å². The molecule has 10 nitrogen and oxygen atoms in total. The average molecular weight is 454 g/mol. The van der Waals surface area contributed by atoms with Crippen LogP contribution in [0.5, 0.6) is 5.75 Å². The summed E-state index contributed by atoms with van der Waals surface area (Å²) in [6.45, 7) is 6.57. The van der Waals surface area contributed by atoms with Gasteiger partial charge in [0.25, 0.3) is 5.91 Å². The average Bonchev–Trinajstić information content (AvgIpc) is 2.72. The maximum absolute atomic E-state index is 13.2. The summed E-state index contributed by atoms with van der Waals surface area (Å²) in [6.07, 6.45) is 2.44. The van der Waals surface area contributed by atoms with Gasteiger partial charge in [-0.2, -0.15) is 4.31 Å². The quantitative estimate of drug-likeness (QED) is 0.402. The molecule has 0 radical (unpaired) electrons. The molecular weight excluding hydrogens is 426 g/mol. The van der Waals surface area contributed by atoms with Crippen LogP contribution in [0.4, 0.5) is 4.79 Å². The number of ether oxygens (including phenoxy) is 2. The molecular formula is C20H27N3O7S. The second-order valence-corrected chi connectivity index (χ2v) is 9.63. The Balaban J connectivity index is 2.24. The van der Waals surface area contributed by atoms with Crippen LogP contribution < -0.4 is 10.2 Å². The second-order valence-electron chi connectivity index (χ2n) is 7.74. The van der Waals surface area contributed by atoms with Gasteiger partial charge in [0, 0.05) is 26.1 Å². The Morgan fingerprint density at radius 2 is 1.87 bits per heavy atom. The smallest absolute Gasteiger partial charge is 0.410 e. The Bertz CT molecular complexity index is 959. The Kier molecular flexibility index (Phi) is 7.89. The van der Waals surface area contributed by atoms with Crippen LogP contribution in [0.25, 0.3) is 0 Å². The molecule has 0 aliphatic carbocycles. The Hall–Kier alpha value is -2.81. The summed E-state index contributed by atoms with van der Waals surface area (Å²) in [4.78, 5) is 25.8. The molecule has 0 bridgehead atoms. The number of hydrogen-bond donors (Lipinski definition) is 2. The molecule has 11 heteroatoms. The van der Waals surface area contributed by atoms with E-state index < -0.39 is 33.7 Å². The van der Waals surface area contributed by atoms with E-state index in [9.17, 15) is 18.0 Å². The molecule has 1 aliphatic rings. The molecule has 1 aromatic carbocycles. The maximum atomic E-state index is 13.2. The highest BCUT2D eigenvalue weighted by molar-refractivity contribution is 7.89. The normalized spacial score (nSPS) is 17.3. The molecule has 0 spiro atoms. The second kappa shape index (κ2) is 10.00. The third-order valence-corrected chi connectivity index (χ3v) is 6.17. The number of hydrogen-bond acceptors (Lipinski definition) is 7. The van der Waals surface area contributed by atoms with E-state index in [-0.39, 0.29) is 24.5 Å². The van der Waals surface area contributed by atoms with Crippen LogP contribution in [0.15, 0.2) is 29.2 Å². The molecule has 170 valence electrons. The Morgan fingerprint density at radius 3 is 2.42 bits per heavy atom. The fourth-order valence-corrected chi connectivity index (χ4v) is 4.39. The van der Waals surface area contributed by atoms with E-state index in [1.807, 2.05) is 6.92 Å². The first-order chi connectivity index (χ1) is 14.5. The lowest BCUT2D eigenvalue weighted by Crippen LogP contribution is -2.61. The number of benzene rings is 1. The SMILES string of the molecule is CCC#COc1ccc(S(=O)(=O)N2CCN(C(=O)OC(C)(C)C)CC2C(=O)NO)cc1. The Labute approximate surface area is 182 Å². The molecule has 1 unspecified atom stereocenters. The van der Waals surface area contributed by atoms with E-state index in [0.717, 1.165) is 4.31 Å². The summed E-state index contributed by atoms with van der Waals surface area (Å²) < 4.78 is 37.8. The number of nitrogens with zero attached hydrogens (tertiary/aromatic N) is 2. The minimum Gasteiger partial charge on any atom is -0.444 e. The summed E-state index contributed by atoms with van der Waals surface area (Å²) in [5.74, 6) is 2.16. The molecule has 31 heavy (non-hydrogen) atoms. The molecule has 1 heterocycles. The number of rotatable bonds is 4. The summed E-state index contributed by atoms with van der Waals surface area (Å²) in [5, 5.41) is 9.11. The van der Waals surface area contributed by atoms with E-state index in [2.05, 4.69) is 12.0 Å². The lowest BCUT2D eigenvalue weighted by molar-refractivity contribution is -0.134. The van der Waals surface area contributed by atoms with Gasteiger partial charge in [0.15, 0.2) is 0 Å². The molecule has 0 aromatic heterocycles.